The maximum atomic E-state index is 11.1. The minimum atomic E-state index is -1.90. The predicted molar refractivity (Wildman–Crippen MR) is 107 cm³/mol. The molecule has 196 valence electrons. The molecule has 0 aromatic heterocycles. The maximum absolute atomic E-state index is 11.1. The summed E-state index contributed by atoms with van der Waals surface area (Å²) in [6.45, 7) is -1.58. The summed E-state index contributed by atoms with van der Waals surface area (Å²) in [5, 5.41) is 91.9. The summed E-state index contributed by atoms with van der Waals surface area (Å²) in [4.78, 5) is 20.1. The van der Waals surface area contributed by atoms with Crippen LogP contribution in [0.15, 0.2) is 18.2 Å². The Kier molecular flexibility index (Phi) is 8.49. The number of ether oxygens (including phenoxy) is 4. The first-order valence-electron chi connectivity index (χ1n) is 10.2. The molecule has 17 nitrogen and oxygen atoms in total. The molecule has 7 N–H and O–H groups in total. The number of hydrogen-bond acceptors (Lipinski definition) is 15. The fourth-order valence-corrected chi connectivity index (χ4v) is 3.66. The van der Waals surface area contributed by atoms with Crippen LogP contribution in [0.1, 0.15) is 0 Å². The van der Waals surface area contributed by atoms with Gasteiger partial charge in [-0.25, -0.2) is 0 Å². The smallest absolute Gasteiger partial charge is 0.349 e. The summed E-state index contributed by atoms with van der Waals surface area (Å²) in [5.74, 6) is -0.330. The topological polar surface area (TPSA) is 265 Å². The van der Waals surface area contributed by atoms with E-state index in [-0.39, 0.29) is 5.75 Å². The van der Waals surface area contributed by atoms with Crippen molar-refractivity contribution in [1.29, 1.82) is 0 Å². The molecule has 0 aliphatic carbocycles. The first kappa shape index (κ1) is 27.0. The number of hydrogen-bond donors (Lipinski definition) is 7. The lowest BCUT2D eigenvalue weighted by molar-refractivity contribution is -0.422. The average molecular weight is 508 g/mol. The van der Waals surface area contributed by atoms with Gasteiger partial charge in [-0.1, -0.05) is 0 Å². The first-order chi connectivity index (χ1) is 16.5. The minimum absolute atomic E-state index is 0.330. The molecule has 0 spiro atoms. The van der Waals surface area contributed by atoms with E-state index in [2.05, 4.69) is 0 Å². The van der Waals surface area contributed by atoms with E-state index in [9.17, 15) is 56.0 Å². The Balaban J connectivity index is 1.76. The van der Waals surface area contributed by atoms with Gasteiger partial charge < -0.3 is 54.7 Å². The molecular weight excluding hydrogens is 484 g/mol. The summed E-state index contributed by atoms with van der Waals surface area (Å²) < 4.78 is 21.3. The Morgan fingerprint density at radius 1 is 0.771 bits per heavy atom. The number of benzene rings is 1. The van der Waals surface area contributed by atoms with Crippen LogP contribution in [-0.2, 0) is 14.2 Å². The van der Waals surface area contributed by atoms with Crippen LogP contribution >= 0.6 is 0 Å². The number of rotatable bonds is 8. The van der Waals surface area contributed by atoms with Crippen molar-refractivity contribution in [1.82, 2.24) is 0 Å². The van der Waals surface area contributed by atoms with E-state index in [1.165, 1.54) is 0 Å². The van der Waals surface area contributed by atoms with Gasteiger partial charge in [0, 0.05) is 6.07 Å². The van der Waals surface area contributed by atoms with Crippen LogP contribution in [0.2, 0.25) is 0 Å². The second kappa shape index (κ2) is 11.0. The third kappa shape index (κ3) is 5.48. The molecule has 35 heavy (non-hydrogen) atoms. The van der Waals surface area contributed by atoms with Crippen LogP contribution in [0.25, 0.3) is 0 Å². The highest BCUT2D eigenvalue weighted by molar-refractivity contribution is 5.55. The van der Waals surface area contributed by atoms with E-state index in [1.54, 1.807) is 0 Å². The SMILES string of the molecule is O=[N+]([O-])c1ccc(O[C@@H]2O[C@H](CO)[C@@H](O[C@@H]3O[C@H](CO)[C@H](O)[C@H](O)[C@@H]3O)[C@H](O)[C@H]2O)cc1[N+](=O)[O-]. The van der Waals surface area contributed by atoms with Crippen molar-refractivity contribution < 1.29 is 64.5 Å². The summed E-state index contributed by atoms with van der Waals surface area (Å²) in [6.07, 6.45) is -16.9. The molecule has 1 aromatic rings. The van der Waals surface area contributed by atoms with Crippen molar-refractivity contribution in [2.75, 3.05) is 13.2 Å². The lowest BCUT2D eigenvalue weighted by Crippen LogP contribution is -2.65. The Labute approximate surface area is 195 Å². The van der Waals surface area contributed by atoms with Gasteiger partial charge in [-0.2, -0.15) is 0 Å². The molecule has 0 saturated carbocycles. The van der Waals surface area contributed by atoms with Crippen LogP contribution in [-0.4, -0.2) is 120 Å². The molecule has 0 radical (unpaired) electrons. The monoisotopic (exact) mass is 508 g/mol. The van der Waals surface area contributed by atoms with E-state index < -0.39 is 95.8 Å². The standard InChI is InChI=1S/C18H24N2O15/c21-4-9-11(23)12(24)14(26)18(33-9)35-16-10(5-22)34-17(15(27)13(16)25)32-6-1-2-7(19(28)29)8(3-6)20(30)31/h1-3,9-18,21-27H,4-5H2/t9-,10-,11+,12+,13-,14+,15-,16-,17-,18+/m1/s1. The highest BCUT2D eigenvalue weighted by atomic mass is 16.7. The molecule has 2 aliphatic heterocycles. The quantitative estimate of drug-likeness (QED) is 0.133. The Morgan fingerprint density at radius 2 is 1.34 bits per heavy atom. The van der Waals surface area contributed by atoms with Gasteiger partial charge in [0.05, 0.1) is 29.1 Å². The van der Waals surface area contributed by atoms with Crippen molar-refractivity contribution in [2.24, 2.45) is 0 Å². The second-order valence-corrected chi connectivity index (χ2v) is 7.79. The highest BCUT2D eigenvalue weighted by Crippen LogP contribution is 2.34. The zero-order valence-electron chi connectivity index (χ0n) is 17.7. The van der Waals surface area contributed by atoms with Gasteiger partial charge in [-0.15, -0.1) is 0 Å². The van der Waals surface area contributed by atoms with E-state index in [4.69, 9.17) is 18.9 Å². The van der Waals surface area contributed by atoms with Crippen LogP contribution in [0.4, 0.5) is 11.4 Å². The van der Waals surface area contributed by atoms with Crippen molar-refractivity contribution in [3.63, 3.8) is 0 Å². The minimum Gasteiger partial charge on any atom is -0.462 e. The van der Waals surface area contributed by atoms with E-state index >= 15 is 0 Å². The van der Waals surface area contributed by atoms with Gasteiger partial charge in [-0.3, -0.25) is 20.2 Å². The van der Waals surface area contributed by atoms with Crippen molar-refractivity contribution in [3.8, 4) is 5.75 Å². The third-order valence-electron chi connectivity index (χ3n) is 5.55. The summed E-state index contributed by atoms with van der Waals surface area (Å²) >= 11 is 0. The van der Waals surface area contributed by atoms with Gasteiger partial charge in [0.25, 0.3) is 0 Å². The molecule has 2 aliphatic rings. The Hall–Kier alpha value is -2.58. The molecule has 17 heteroatoms. The molecule has 0 bridgehead atoms. The summed E-state index contributed by atoms with van der Waals surface area (Å²) in [6, 6.07) is 2.51. The average Bonchev–Trinajstić information content (AvgIpc) is 2.83. The Morgan fingerprint density at radius 3 is 1.91 bits per heavy atom. The number of nitro groups is 2. The lowest BCUT2D eigenvalue weighted by atomic mass is 9.97. The summed E-state index contributed by atoms with van der Waals surface area (Å²) in [7, 11) is 0. The maximum Gasteiger partial charge on any atom is 0.349 e. The normalized spacial score (nSPS) is 37.6. The fourth-order valence-electron chi connectivity index (χ4n) is 3.66. The Bertz CT molecular complexity index is 914. The molecule has 2 saturated heterocycles. The van der Waals surface area contributed by atoms with Gasteiger partial charge in [-0.05, 0) is 6.07 Å². The molecule has 10 atom stereocenters. The zero-order chi connectivity index (χ0) is 26.0. The van der Waals surface area contributed by atoms with E-state index in [1.807, 2.05) is 0 Å². The van der Waals surface area contributed by atoms with Gasteiger partial charge in [0.2, 0.25) is 6.29 Å². The second-order valence-electron chi connectivity index (χ2n) is 7.79. The molecular formula is C18H24N2O15. The van der Waals surface area contributed by atoms with E-state index in [0.29, 0.717) is 6.07 Å². The predicted octanol–water partition coefficient (Wildman–Crippen LogP) is -3.49. The van der Waals surface area contributed by atoms with Gasteiger partial charge in [0.15, 0.2) is 6.29 Å². The molecule has 0 unspecified atom stereocenters. The van der Waals surface area contributed by atoms with Gasteiger partial charge in [0.1, 0.15) is 54.6 Å². The highest BCUT2D eigenvalue weighted by Gasteiger charge is 2.51. The third-order valence-corrected chi connectivity index (χ3v) is 5.55. The van der Waals surface area contributed by atoms with Gasteiger partial charge >= 0.3 is 11.4 Å². The number of aliphatic hydroxyl groups excluding tert-OH is 7. The van der Waals surface area contributed by atoms with Crippen molar-refractivity contribution in [2.45, 2.75) is 61.4 Å². The van der Waals surface area contributed by atoms with Crippen molar-refractivity contribution >= 4 is 11.4 Å². The van der Waals surface area contributed by atoms with Crippen LogP contribution < -0.4 is 4.74 Å². The van der Waals surface area contributed by atoms with Crippen LogP contribution in [0.5, 0.6) is 5.75 Å². The summed E-state index contributed by atoms with van der Waals surface area (Å²) in [5.41, 5.74) is -1.71. The van der Waals surface area contributed by atoms with Crippen LogP contribution in [0, 0.1) is 20.2 Å². The van der Waals surface area contributed by atoms with Crippen LogP contribution in [0.3, 0.4) is 0 Å². The van der Waals surface area contributed by atoms with Crippen molar-refractivity contribution in [3.05, 3.63) is 38.4 Å². The molecule has 0 amide bonds. The largest absolute Gasteiger partial charge is 0.462 e. The molecule has 2 fully saturated rings. The fraction of sp³-hybridized carbons (Fsp3) is 0.667. The number of nitrogens with zero attached hydrogens (tertiary/aromatic N) is 2. The zero-order valence-corrected chi connectivity index (χ0v) is 17.7. The first-order valence-corrected chi connectivity index (χ1v) is 10.2. The molecule has 3 rings (SSSR count). The number of aliphatic hydroxyl groups is 7. The molecule has 1 aromatic carbocycles. The number of nitro benzene ring substituents is 2. The lowest BCUT2D eigenvalue weighted by Gasteiger charge is -2.45. The molecule has 2 heterocycles. The van der Waals surface area contributed by atoms with E-state index in [0.717, 1.165) is 12.1 Å².